The molecule has 0 bridgehead atoms. The van der Waals surface area contributed by atoms with Crippen molar-refractivity contribution in [3.05, 3.63) is 34.9 Å². The molecule has 15 heavy (non-hydrogen) atoms. The Morgan fingerprint density at radius 1 is 1.40 bits per heavy atom. The second kappa shape index (κ2) is 4.80. The quantitative estimate of drug-likeness (QED) is 0.708. The van der Waals surface area contributed by atoms with Crippen LogP contribution in [0.25, 0.3) is 0 Å². The second-order valence-electron chi connectivity index (χ2n) is 4.88. The van der Waals surface area contributed by atoms with Gasteiger partial charge in [0.1, 0.15) is 6.29 Å². The fourth-order valence-electron chi connectivity index (χ4n) is 1.81. The minimum Gasteiger partial charge on any atom is -0.303 e. The van der Waals surface area contributed by atoms with Crippen LogP contribution in [-0.4, -0.2) is 6.29 Å². The summed E-state index contributed by atoms with van der Waals surface area (Å²) in [5, 5.41) is 0.729. The number of benzene rings is 1. The van der Waals surface area contributed by atoms with E-state index in [1.165, 1.54) is 0 Å². The molecule has 82 valence electrons. The Balaban J connectivity index is 3.04. The van der Waals surface area contributed by atoms with Gasteiger partial charge in [0.2, 0.25) is 0 Å². The lowest BCUT2D eigenvalue weighted by Crippen LogP contribution is -2.18. The molecule has 1 atom stereocenters. The van der Waals surface area contributed by atoms with Gasteiger partial charge in [-0.05, 0) is 29.0 Å². The van der Waals surface area contributed by atoms with Gasteiger partial charge in [-0.25, -0.2) is 0 Å². The molecule has 0 saturated carbocycles. The third-order valence-corrected chi connectivity index (χ3v) is 2.86. The van der Waals surface area contributed by atoms with Crippen molar-refractivity contribution in [1.82, 2.24) is 0 Å². The Morgan fingerprint density at radius 2 is 2.07 bits per heavy atom. The lowest BCUT2D eigenvalue weighted by atomic mass is 9.75. The summed E-state index contributed by atoms with van der Waals surface area (Å²) < 4.78 is 0. The van der Waals surface area contributed by atoms with E-state index >= 15 is 0 Å². The molecule has 1 aromatic carbocycles. The van der Waals surface area contributed by atoms with Gasteiger partial charge in [-0.2, -0.15) is 0 Å². The largest absolute Gasteiger partial charge is 0.303 e. The molecule has 0 saturated heterocycles. The number of aldehydes is 1. The fourth-order valence-corrected chi connectivity index (χ4v) is 2.01. The van der Waals surface area contributed by atoms with Crippen molar-refractivity contribution in [1.29, 1.82) is 0 Å². The predicted molar refractivity (Wildman–Crippen MR) is 64.3 cm³/mol. The third kappa shape index (κ3) is 3.35. The van der Waals surface area contributed by atoms with Crippen LogP contribution in [0.5, 0.6) is 0 Å². The van der Waals surface area contributed by atoms with Crippen LogP contribution < -0.4 is 0 Å². The van der Waals surface area contributed by atoms with Gasteiger partial charge in [0.05, 0.1) is 0 Å². The molecule has 0 radical (unpaired) electrons. The van der Waals surface area contributed by atoms with Gasteiger partial charge >= 0.3 is 0 Å². The Labute approximate surface area is 96.5 Å². The van der Waals surface area contributed by atoms with Crippen LogP contribution in [0.3, 0.4) is 0 Å². The lowest BCUT2D eigenvalue weighted by Gasteiger charge is -2.29. The maximum Gasteiger partial charge on any atom is 0.120 e. The van der Waals surface area contributed by atoms with E-state index in [9.17, 15) is 4.79 Å². The summed E-state index contributed by atoms with van der Waals surface area (Å²) in [4.78, 5) is 10.7. The van der Waals surface area contributed by atoms with Crippen LogP contribution in [0.1, 0.15) is 38.7 Å². The molecule has 0 N–H and O–H groups in total. The minimum absolute atomic E-state index is 0.0750. The highest BCUT2D eigenvalue weighted by Gasteiger charge is 2.25. The molecule has 0 fully saturated rings. The molecule has 1 nitrogen and oxygen atoms in total. The summed E-state index contributed by atoms with van der Waals surface area (Å²) >= 11 is 5.95. The Kier molecular flexibility index (Phi) is 3.92. The van der Waals surface area contributed by atoms with Crippen molar-refractivity contribution in [2.24, 2.45) is 5.41 Å². The Morgan fingerprint density at radius 3 is 2.53 bits per heavy atom. The highest BCUT2D eigenvalue weighted by molar-refractivity contribution is 6.30. The smallest absolute Gasteiger partial charge is 0.120 e. The van der Waals surface area contributed by atoms with Crippen LogP contribution in [0.2, 0.25) is 5.02 Å². The van der Waals surface area contributed by atoms with Crippen LogP contribution in [0, 0.1) is 5.41 Å². The molecule has 1 aromatic rings. The Bertz CT molecular complexity index is 339. The standard InChI is InChI=1S/C13H17ClO/c1-13(2,3)12(7-8-15)10-5-4-6-11(14)9-10/h4-6,8-9,12H,7H2,1-3H3. The average molecular weight is 225 g/mol. The van der Waals surface area contributed by atoms with E-state index in [1.807, 2.05) is 24.3 Å². The van der Waals surface area contributed by atoms with E-state index in [2.05, 4.69) is 20.8 Å². The number of carbonyl (C=O) groups is 1. The first-order valence-corrected chi connectivity index (χ1v) is 5.52. The summed E-state index contributed by atoms with van der Waals surface area (Å²) in [5.41, 5.74) is 1.22. The molecule has 0 aliphatic heterocycles. The van der Waals surface area contributed by atoms with Crippen LogP contribution in [-0.2, 0) is 4.79 Å². The van der Waals surface area contributed by atoms with E-state index in [0.29, 0.717) is 6.42 Å². The first-order chi connectivity index (χ1) is 6.95. The van der Waals surface area contributed by atoms with E-state index in [-0.39, 0.29) is 11.3 Å². The monoisotopic (exact) mass is 224 g/mol. The first kappa shape index (κ1) is 12.3. The van der Waals surface area contributed by atoms with Gasteiger partial charge < -0.3 is 4.79 Å². The summed E-state index contributed by atoms with van der Waals surface area (Å²) in [6, 6.07) is 7.76. The summed E-state index contributed by atoms with van der Waals surface area (Å²) in [7, 11) is 0. The van der Waals surface area contributed by atoms with E-state index in [1.54, 1.807) is 0 Å². The summed E-state index contributed by atoms with van der Waals surface area (Å²) in [6.07, 6.45) is 1.53. The average Bonchev–Trinajstić information content (AvgIpc) is 2.12. The predicted octanol–water partition coefficient (Wildman–Crippen LogP) is 4.06. The van der Waals surface area contributed by atoms with Crippen LogP contribution in [0.4, 0.5) is 0 Å². The fraction of sp³-hybridized carbons (Fsp3) is 0.462. The molecule has 1 unspecified atom stereocenters. The number of hydrogen-bond acceptors (Lipinski definition) is 1. The molecule has 0 aliphatic rings. The van der Waals surface area contributed by atoms with Crippen molar-refractivity contribution >= 4 is 17.9 Å². The van der Waals surface area contributed by atoms with Crippen LogP contribution in [0.15, 0.2) is 24.3 Å². The number of carbonyl (C=O) groups excluding carboxylic acids is 1. The van der Waals surface area contributed by atoms with Crippen molar-refractivity contribution in [3.8, 4) is 0 Å². The molecule has 2 heteroatoms. The van der Waals surface area contributed by atoms with Gasteiger partial charge in [0, 0.05) is 11.4 Å². The van der Waals surface area contributed by atoms with Crippen molar-refractivity contribution in [2.75, 3.05) is 0 Å². The molecule has 0 aliphatic carbocycles. The van der Waals surface area contributed by atoms with Gasteiger partial charge in [-0.1, -0.05) is 44.5 Å². The zero-order valence-corrected chi connectivity index (χ0v) is 10.2. The maximum absolute atomic E-state index is 10.7. The van der Waals surface area contributed by atoms with E-state index in [0.717, 1.165) is 16.9 Å². The number of rotatable bonds is 3. The summed E-state index contributed by atoms with van der Waals surface area (Å²) in [5.74, 6) is 0.230. The van der Waals surface area contributed by atoms with Crippen molar-refractivity contribution < 1.29 is 4.79 Å². The summed E-state index contributed by atoms with van der Waals surface area (Å²) in [6.45, 7) is 6.42. The van der Waals surface area contributed by atoms with Crippen LogP contribution >= 0.6 is 11.6 Å². The number of halogens is 1. The molecular weight excluding hydrogens is 208 g/mol. The topological polar surface area (TPSA) is 17.1 Å². The first-order valence-electron chi connectivity index (χ1n) is 5.14. The minimum atomic E-state index is 0.0750. The van der Waals surface area contributed by atoms with Gasteiger partial charge in [-0.3, -0.25) is 0 Å². The third-order valence-electron chi connectivity index (χ3n) is 2.63. The SMILES string of the molecule is CC(C)(C)C(CC=O)c1cccc(Cl)c1. The van der Waals surface area contributed by atoms with E-state index < -0.39 is 0 Å². The van der Waals surface area contributed by atoms with Crippen molar-refractivity contribution in [2.45, 2.75) is 33.1 Å². The molecule has 0 aromatic heterocycles. The van der Waals surface area contributed by atoms with Gasteiger partial charge in [-0.15, -0.1) is 0 Å². The van der Waals surface area contributed by atoms with Gasteiger partial charge in [0.15, 0.2) is 0 Å². The molecule has 1 rings (SSSR count). The van der Waals surface area contributed by atoms with E-state index in [4.69, 9.17) is 11.6 Å². The molecule has 0 heterocycles. The highest BCUT2D eigenvalue weighted by Crippen LogP contribution is 2.37. The second-order valence-corrected chi connectivity index (χ2v) is 5.31. The van der Waals surface area contributed by atoms with Gasteiger partial charge in [0.25, 0.3) is 0 Å². The highest BCUT2D eigenvalue weighted by atomic mass is 35.5. The molecular formula is C13H17ClO. The zero-order chi connectivity index (χ0) is 11.5. The lowest BCUT2D eigenvalue weighted by molar-refractivity contribution is -0.108. The Hall–Kier alpha value is -0.820. The molecule has 0 amide bonds. The number of hydrogen-bond donors (Lipinski definition) is 0. The molecule has 0 spiro atoms. The zero-order valence-electron chi connectivity index (χ0n) is 9.46. The normalized spacial score (nSPS) is 13.6. The van der Waals surface area contributed by atoms with Crippen molar-refractivity contribution in [3.63, 3.8) is 0 Å². The maximum atomic E-state index is 10.7.